The third-order valence-corrected chi connectivity index (χ3v) is 5.42. The zero-order chi connectivity index (χ0) is 17.0. The van der Waals surface area contributed by atoms with Gasteiger partial charge in [0.2, 0.25) is 15.9 Å². The summed E-state index contributed by atoms with van der Waals surface area (Å²) in [6, 6.07) is 9.40. The van der Waals surface area contributed by atoms with Crippen LogP contribution in [0.4, 0.5) is 0 Å². The maximum absolute atomic E-state index is 12.4. The van der Waals surface area contributed by atoms with Crippen LogP contribution in [0.25, 0.3) is 6.08 Å². The van der Waals surface area contributed by atoms with Crippen molar-refractivity contribution in [2.75, 3.05) is 26.2 Å². The summed E-state index contributed by atoms with van der Waals surface area (Å²) in [7, 11) is -3.40. The zero-order valence-electron chi connectivity index (χ0n) is 13.5. The van der Waals surface area contributed by atoms with Crippen molar-refractivity contribution in [3.63, 3.8) is 0 Å². The van der Waals surface area contributed by atoms with Gasteiger partial charge in [-0.25, -0.2) is 8.42 Å². The van der Waals surface area contributed by atoms with Crippen molar-refractivity contribution in [2.45, 2.75) is 13.5 Å². The quantitative estimate of drug-likeness (QED) is 0.815. The van der Waals surface area contributed by atoms with Crippen molar-refractivity contribution >= 4 is 16.1 Å². The maximum atomic E-state index is 12.4. The Morgan fingerprint density at radius 2 is 1.88 bits per heavy atom. The lowest BCUT2D eigenvalue weighted by Crippen LogP contribution is -2.47. The Balaban J connectivity index is 1.56. The molecule has 1 fully saturated rings. The first kappa shape index (κ1) is 16.8. The third kappa shape index (κ3) is 4.28. The van der Waals surface area contributed by atoms with Gasteiger partial charge in [0.15, 0.2) is 5.82 Å². The van der Waals surface area contributed by atoms with Crippen molar-refractivity contribution in [1.29, 1.82) is 0 Å². The molecule has 0 bridgehead atoms. The highest BCUT2D eigenvalue weighted by Crippen LogP contribution is 2.13. The van der Waals surface area contributed by atoms with Gasteiger partial charge in [-0.3, -0.25) is 4.90 Å². The lowest BCUT2D eigenvalue weighted by atomic mass is 10.2. The SMILES string of the molecule is Cc1noc(CN2CCN(S(=O)(=O)/C=C/c3ccccc3)CC2)n1. The van der Waals surface area contributed by atoms with Gasteiger partial charge in [-0.05, 0) is 18.6 Å². The van der Waals surface area contributed by atoms with E-state index in [0.29, 0.717) is 44.4 Å². The van der Waals surface area contributed by atoms with Gasteiger partial charge in [-0.1, -0.05) is 35.5 Å². The molecule has 1 aliphatic rings. The van der Waals surface area contributed by atoms with E-state index in [9.17, 15) is 8.42 Å². The van der Waals surface area contributed by atoms with Gasteiger partial charge >= 0.3 is 0 Å². The Kier molecular flexibility index (Phi) is 5.08. The summed E-state index contributed by atoms with van der Waals surface area (Å²) in [4.78, 5) is 6.28. The van der Waals surface area contributed by atoms with Crippen LogP contribution in [0.3, 0.4) is 0 Å². The van der Waals surface area contributed by atoms with Crippen molar-refractivity contribution < 1.29 is 12.9 Å². The van der Waals surface area contributed by atoms with E-state index < -0.39 is 10.0 Å². The van der Waals surface area contributed by atoms with Gasteiger partial charge in [-0.15, -0.1) is 0 Å². The normalized spacial score (nSPS) is 17.5. The number of nitrogens with zero attached hydrogens (tertiary/aromatic N) is 4. The van der Waals surface area contributed by atoms with E-state index in [1.807, 2.05) is 30.3 Å². The zero-order valence-corrected chi connectivity index (χ0v) is 14.3. The molecule has 0 amide bonds. The summed E-state index contributed by atoms with van der Waals surface area (Å²) in [6.45, 7) is 4.51. The molecule has 24 heavy (non-hydrogen) atoms. The summed E-state index contributed by atoms with van der Waals surface area (Å²) in [5, 5.41) is 5.04. The highest BCUT2D eigenvalue weighted by Gasteiger charge is 2.25. The van der Waals surface area contributed by atoms with Crippen molar-refractivity contribution in [3.05, 3.63) is 53.0 Å². The van der Waals surface area contributed by atoms with Crippen LogP contribution in [-0.4, -0.2) is 53.9 Å². The molecule has 1 saturated heterocycles. The Bertz CT molecular complexity index is 794. The maximum Gasteiger partial charge on any atom is 0.240 e. The molecule has 0 radical (unpaired) electrons. The Hall–Kier alpha value is -2.03. The van der Waals surface area contributed by atoms with Crippen LogP contribution < -0.4 is 0 Å². The molecule has 1 aromatic heterocycles. The molecular weight excluding hydrogens is 328 g/mol. The van der Waals surface area contributed by atoms with Gasteiger partial charge in [0.1, 0.15) is 0 Å². The first-order chi connectivity index (χ1) is 11.5. The van der Waals surface area contributed by atoms with Crippen molar-refractivity contribution in [1.82, 2.24) is 19.3 Å². The van der Waals surface area contributed by atoms with Crippen LogP contribution in [0.15, 0.2) is 40.3 Å². The fourth-order valence-electron chi connectivity index (χ4n) is 2.55. The van der Waals surface area contributed by atoms with Crippen LogP contribution in [-0.2, 0) is 16.6 Å². The van der Waals surface area contributed by atoms with Gasteiger partial charge < -0.3 is 4.52 Å². The van der Waals surface area contributed by atoms with Crippen LogP contribution in [0.1, 0.15) is 17.3 Å². The number of hydrogen-bond acceptors (Lipinski definition) is 6. The predicted molar refractivity (Wildman–Crippen MR) is 90.3 cm³/mol. The van der Waals surface area contributed by atoms with E-state index in [1.165, 1.54) is 9.71 Å². The smallest absolute Gasteiger partial charge is 0.240 e. The lowest BCUT2D eigenvalue weighted by Gasteiger charge is -2.32. The number of rotatable bonds is 5. The predicted octanol–water partition coefficient (Wildman–Crippen LogP) is 1.50. The first-order valence-electron chi connectivity index (χ1n) is 7.78. The molecule has 0 N–H and O–H groups in total. The molecule has 8 heteroatoms. The fraction of sp³-hybridized carbons (Fsp3) is 0.375. The molecule has 1 aliphatic heterocycles. The first-order valence-corrected chi connectivity index (χ1v) is 9.28. The second-order valence-corrected chi connectivity index (χ2v) is 7.49. The van der Waals surface area contributed by atoms with E-state index >= 15 is 0 Å². The molecule has 0 atom stereocenters. The second-order valence-electron chi connectivity index (χ2n) is 5.67. The molecule has 7 nitrogen and oxygen atoms in total. The minimum absolute atomic E-state index is 0.453. The minimum atomic E-state index is -3.40. The summed E-state index contributed by atoms with van der Waals surface area (Å²) >= 11 is 0. The Morgan fingerprint density at radius 3 is 2.50 bits per heavy atom. The Morgan fingerprint density at radius 1 is 1.17 bits per heavy atom. The summed E-state index contributed by atoms with van der Waals surface area (Å²) < 4.78 is 31.4. The summed E-state index contributed by atoms with van der Waals surface area (Å²) in [5.41, 5.74) is 0.867. The van der Waals surface area contributed by atoms with Crippen LogP contribution in [0.5, 0.6) is 0 Å². The van der Waals surface area contributed by atoms with Gasteiger partial charge in [0.05, 0.1) is 6.54 Å². The van der Waals surface area contributed by atoms with E-state index in [-0.39, 0.29) is 0 Å². The molecule has 1 aromatic carbocycles. The Labute approximate surface area is 141 Å². The number of aromatic nitrogens is 2. The molecule has 0 saturated carbocycles. The van der Waals surface area contributed by atoms with Gasteiger partial charge in [0.25, 0.3) is 0 Å². The van der Waals surface area contributed by atoms with Crippen LogP contribution in [0.2, 0.25) is 0 Å². The number of hydrogen-bond donors (Lipinski definition) is 0. The van der Waals surface area contributed by atoms with E-state index in [1.54, 1.807) is 13.0 Å². The molecule has 2 heterocycles. The average molecular weight is 348 g/mol. The molecule has 128 valence electrons. The highest BCUT2D eigenvalue weighted by molar-refractivity contribution is 7.92. The standard InChI is InChI=1S/C16H20N4O3S/c1-14-17-16(23-18-14)13-19-8-10-20(11-9-19)24(21,22)12-7-15-5-3-2-4-6-15/h2-7,12H,8-11,13H2,1H3/b12-7+. The molecule has 0 aliphatic carbocycles. The average Bonchev–Trinajstić information content (AvgIpc) is 2.99. The number of aryl methyl sites for hydroxylation is 1. The van der Waals surface area contributed by atoms with Gasteiger partial charge in [-0.2, -0.15) is 9.29 Å². The van der Waals surface area contributed by atoms with Gasteiger partial charge in [0, 0.05) is 31.6 Å². The van der Waals surface area contributed by atoms with Crippen LogP contribution >= 0.6 is 0 Å². The molecule has 0 spiro atoms. The summed E-state index contributed by atoms with van der Waals surface area (Å²) in [6.07, 6.45) is 1.63. The molecule has 3 rings (SSSR count). The minimum Gasteiger partial charge on any atom is -0.338 e. The van der Waals surface area contributed by atoms with E-state index in [4.69, 9.17) is 4.52 Å². The van der Waals surface area contributed by atoms with E-state index in [0.717, 1.165) is 5.56 Å². The second kappa shape index (κ2) is 7.25. The largest absolute Gasteiger partial charge is 0.338 e. The van der Waals surface area contributed by atoms with Crippen molar-refractivity contribution in [3.8, 4) is 0 Å². The summed E-state index contributed by atoms with van der Waals surface area (Å²) in [5.74, 6) is 1.17. The fourth-order valence-corrected chi connectivity index (χ4v) is 3.73. The molecular formula is C16H20N4O3S. The number of piperazine rings is 1. The topological polar surface area (TPSA) is 79.5 Å². The van der Waals surface area contributed by atoms with E-state index in [2.05, 4.69) is 15.0 Å². The molecule has 0 unspecified atom stereocenters. The number of sulfonamides is 1. The lowest BCUT2D eigenvalue weighted by molar-refractivity contribution is 0.164. The van der Waals surface area contributed by atoms with Crippen LogP contribution in [0, 0.1) is 6.92 Å². The number of benzene rings is 1. The van der Waals surface area contributed by atoms with Crippen molar-refractivity contribution in [2.24, 2.45) is 0 Å². The third-order valence-electron chi connectivity index (χ3n) is 3.85. The molecule has 2 aromatic rings. The monoisotopic (exact) mass is 348 g/mol. The highest BCUT2D eigenvalue weighted by atomic mass is 32.2.